The molecule has 0 spiro atoms. The van der Waals surface area contributed by atoms with Crippen LogP contribution in [0.3, 0.4) is 0 Å². The van der Waals surface area contributed by atoms with Gasteiger partial charge in [0.2, 0.25) is 0 Å². The second kappa shape index (κ2) is 5.96. The summed E-state index contributed by atoms with van der Waals surface area (Å²) in [5.74, 6) is 1.86. The van der Waals surface area contributed by atoms with Crippen LogP contribution in [0.5, 0.6) is 0 Å². The quantitative estimate of drug-likeness (QED) is 0.759. The molecule has 0 fully saturated rings. The highest BCUT2D eigenvalue weighted by molar-refractivity contribution is 9.09. The Labute approximate surface area is 93.7 Å². The fourth-order valence-electron chi connectivity index (χ4n) is 1.31. The number of anilines is 1. The molecule has 0 atom stereocenters. The van der Waals surface area contributed by atoms with E-state index >= 15 is 0 Å². The van der Waals surface area contributed by atoms with Gasteiger partial charge in [0.25, 0.3) is 0 Å². The molecule has 0 saturated heterocycles. The van der Waals surface area contributed by atoms with E-state index in [4.69, 9.17) is 0 Å². The number of hydrogen-bond donors (Lipinski definition) is 0. The minimum atomic E-state index is 0.833. The number of hydrogen-bond acceptors (Lipinski definition) is 3. The molecule has 0 unspecified atom stereocenters. The summed E-state index contributed by atoms with van der Waals surface area (Å²) >= 11 is 3.43. The highest BCUT2D eigenvalue weighted by Crippen LogP contribution is 2.10. The van der Waals surface area contributed by atoms with Crippen molar-refractivity contribution in [2.24, 2.45) is 0 Å². The summed E-state index contributed by atoms with van der Waals surface area (Å²) in [6, 6.07) is 1.96. The van der Waals surface area contributed by atoms with Crippen LogP contribution < -0.4 is 4.90 Å². The van der Waals surface area contributed by atoms with Gasteiger partial charge in [0, 0.05) is 24.6 Å². The molecular weight excluding hydrogens is 242 g/mol. The summed E-state index contributed by atoms with van der Waals surface area (Å²) in [5, 5.41) is 1.04. The maximum atomic E-state index is 4.40. The molecule has 0 N–H and O–H groups in total. The van der Waals surface area contributed by atoms with Crippen molar-refractivity contribution in [2.45, 2.75) is 20.3 Å². The predicted molar refractivity (Wildman–Crippen MR) is 63.1 cm³/mol. The van der Waals surface area contributed by atoms with E-state index in [1.54, 1.807) is 0 Å². The third-order valence-electron chi connectivity index (χ3n) is 2.03. The molecule has 0 aromatic carbocycles. The molecule has 1 rings (SSSR count). The number of alkyl halides is 1. The van der Waals surface area contributed by atoms with Gasteiger partial charge in [-0.05, 0) is 26.3 Å². The molecule has 4 heteroatoms. The highest BCUT2D eigenvalue weighted by Gasteiger charge is 2.04. The number of nitrogens with zero attached hydrogens (tertiary/aromatic N) is 3. The Morgan fingerprint density at radius 2 is 2.29 bits per heavy atom. The lowest BCUT2D eigenvalue weighted by Gasteiger charge is -2.21. The molecule has 0 aliphatic rings. The second-order valence-electron chi connectivity index (χ2n) is 3.08. The molecule has 0 bridgehead atoms. The van der Waals surface area contributed by atoms with Crippen molar-refractivity contribution in [2.75, 3.05) is 23.3 Å². The smallest absolute Gasteiger partial charge is 0.132 e. The van der Waals surface area contributed by atoms with E-state index in [-0.39, 0.29) is 0 Å². The van der Waals surface area contributed by atoms with E-state index in [1.807, 2.05) is 19.2 Å². The summed E-state index contributed by atoms with van der Waals surface area (Å²) in [6.07, 6.45) is 2.95. The average Bonchev–Trinajstić information content (AvgIpc) is 2.19. The summed E-state index contributed by atoms with van der Waals surface area (Å²) in [5.41, 5.74) is 0. The van der Waals surface area contributed by atoms with E-state index < -0.39 is 0 Å². The van der Waals surface area contributed by atoms with Crippen LogP contribution in [0.1, 0.15) is 19.2 Å². The van der Waals surface area contributed by atoms with Crippen LogP contribution >= 0.6 is 15.9 Å². The predicted octanol–water partition coefficient (Wildman–Crippen LogP) is 2.40. The van der Waals surface area contributed by atoms with E-state index in [9.17, 15) is 0 Å². The molecule has 14 heavy (non-hydrogen) atoms. The maximum Gasteiger partial charge on any atom is 0.132 e. The van der Waals surface area contributed by atoms with Crippen LogP contribution in [-0.4, -0.2) is 28.4 Å². The van der Waals surface area contributed by atoms with Crippen molar-refractivity contribution in [3.63, 3.8) is 0 Å². The molecule has 0 aliphatic heterocycles. The largest absolute Gasteiger partial charge is 0.357 e. The highest BCUT2D eigenvalue weighted by atomic mass is 79.9. The lowest BCUT2D eigenvalue weighted by Crippen LogP contribution is -2.25. The molecule has 1 aromatic heterocycles. The van der Waals surface area contributed by atoms with Crippen LogP contribution in [0.4, 0.5) is 5.82 Å². The first kappa shape index (κ1) is 11.4. The van der Waals surface area contributed by atoms with Gasteiger partial charge in [-0.25, -0.2) is 9.97 Å². The van der Waals surface area contributed by atoms with Crippen molar-refractivity contribution in [3.05, 3.63) is 18.1 Å². The van der Waals surface area contributed by atoms with Crippen LogP contribution in [0.15, 0.2) is 12.3 Å². The zero-order valence-electron chi connectivity index (χ0n) is 8.70. The average molecular weight is 258 g/mol. The van der Waals surface area contributed by atoms with Crippen molar-refractivity contribution >= 4 is 21.7 Å². The first-order valence-corrected chi connectivity index (χ1v) is 6.00. The maximum absolute atomic E-state index is 4.40. The third-order valence-corrected chi connectivity index (χ3v) is 2.59. The van der Waals surface area contributed by atoms with Gasteiger partial charge in [-0.2, -0.15) is 0 Å². The molecule has 1 heterocycles. The minimum absolute atomic E-state index is 0.833. The van der Waals surface area contributed by atoms with Crippen molar-refractivity contribution in [1.82, 2.24) is 9.97 Å². The minimum Gasteiger partial charge on any atom is -0.357 e. The van der Waals surface area contributed by atoms with Gasteiger partial charge in [-0.15, -0.1) is 0 Å². The van der Waals surface area contributed by atoms with Gasteiger partial charge in [0.15, 0.2) is 0 Å². The number of rotatable bonds is 5. The Kier molecular flexibility index (Phi) is 4.87. The van der Waals surface area contributed by atoms with E-state index in [2.05, 4.69) is 37.7 Å². The monoisotopic (exact) mass is 257 g/mol. The number of aromatic nitrogens is 2. The summed E-state index contributed by atoms with van der Waals surface area (Å²) in [6.45, 7) is 6.09. The first-order chi connectivity index (χ1) is 6.77. The summed E-state index contributed by atoms with van der Waals surface area (Å²) < 4.78 is 0. The lowest BCUT2D eigenvalue weighted by atomic mass is 10.4. The molecule has 0 aliphatic carbocycles. The van der Waals surface area contributed by atoms with Gasteiger partial charge in [0.05, 0.1) is 0 Å². The van der Waals surface area contributed by atoms with Crippen molar-refractivity contribution in [1.29, 1.82) is 0 Å². The normalized spacial score (nSPS) is 10.2. The Bertz CT molecular complexity index is 278. The fraction of sp³-hybridized carbons (Fsp3) is 0.600. The van der Waals surface area contributed by atoms with Crippen LogP contribution in [0.2, 0.25) is 0 Å². The van der Waals surface area contributed by atoms with Crippen LogP contribution in [-0.2, 0) is 0 Å². The number of aryl methyl sites for hydroxylation is 1. The molecular formula is C10H16BrN3. The molecule has 1 aromatic rings. The topological polar surface area (TPSA) is 29.0 Å². The Balaban J connectivity index is 2.68. The molecule has 3 nitrogen and oxygen atoms in total. The molecule has 0 radical (unpaired) electrons. The van der Waals surface area contributed by atoms with Crippen LogP contribution in [0, 0.1) is 6.92 Å². The van der Waals surface area contributed by atoms with Gasteiger partial charge in [-0.1, -0.05) is 15.9 Å². The Morgan fingerprint density at radius 3 is 2.86 bits per heavy atom. The van der Waals surface area contributed by atoms with E-state index in [1.165, 1.54) is 0 Å². The molecule has 0 amide bonds. The Morgan fingerprint density at radius 1 is 1.50 bits per heavy atom. The molecule has 0 saturated carbocycles. The Hall–Kier alpha value is -0.640. The van der Waals surface area contributed by atoms with Gasteiger partial charge in [0.1, 0.15) is 11.6 Å². The second-order valence-corrected chi connectivity index (χ2v) is 3.88. The van der Waals surface area contributed by atoms with E-state index in [0.717, 1.165) is 36.5 Å². The zero-order valence-corrected chi connectivity index (χ0v) is 10.3. The van der Waals surface area contributed by atoms with Gasteiger partial charge in [-0.3, -0.25) is 0 Å². The zero-order chi connectivity index (χ0) is 10.4. The SMILES string of the molecule is CCN(CCCBr)c1ccnc(C)n1. The molecule has 78 valence electrons. The third kappa shape index (κ3) is 3.25. The van der Waals surface area contributed by atoms with Gasteiger partial charge < -0.3 is 4.90 Å². The van der Waals surface area contributed by atoms with Crippen molar-refractivity contribution < 1.29 is 0 Å². The number of halogens is 1. The first-order valence-electron chi connectivity index (χ1n) is 4.88. The lowest BCUT2D eigenvalue weighted by molar-refractivity contribution is 0.779. The van der Waals surface area contributed by atoms with E-state index in [0.29, 0.717) is 0 Å². The fourth-order valence-corrected chi connectivity index (χ4v) is 1.56. The van der Waals surface area contributed by atoms with Crippen LogP contribution in [0.25, 0.3) is 0 Å². The standard InChI is InChI=1S/C10H16BrN3/c1-3-14(8-4-6-11)10-5-7-12-9(2)13-10/h5,7H,3-4,6,8H2,1-2H3. The summed E-state index contributed by atoms with van der Waals surface area (Å²) in [4.78, 5) is 10.7. The summed E-state index contributed by atoms with van der Waals surface area (Å²) in [7, 11) is 0. The van der Waals surface area contributed by atoms with Gasteiger partial charge >= 0.3 is 0 Å². The van der Waals surface area contributed by atoms with Crippen molar-refractivity contribution in [3.8, 4) is 0 Å².